The van der Waals surface area contributed by atoms with Gasteiger partial charge in [0.25, 0.3) is 0 Å². The fraction of sp³-hybridized carbons (Fsp3) is 0.440. The van der Waals surface area contributed by atoms with E-state index >= 15 is 0 Å². The Morgan fingerprint density at radius 3 is 0.894 bits per heavy atom. The second-order valence-corrected chi connectivity index (χ2v) is 20.9. The van der Waals surface area contributed by atoms with Crippen LogP contribution < -0.4 is 37.9 Å². The first kappa shape index (κ1) is 78.1. The van der Waals surface area contributed by atoms with Crippen LogP contribution >= 0.6 is 0 Å². The number of esters is 2. The van der Waals surface area contributed by atoms with Crippen molar-refractivity contribution in [3.05, 3.63) is 173 Å². The molecular formula is C75H100O19. The van der Waals surface area contributed by atoms with E-state index in [1.807, 2.05) is 48.5 Å². The average molecular weight is 1310 g/mol. The summed E-state index contributed by atoms with van der Waals surface area (Å²) in [5, 5.41) is 0. The lowest BCUT2D eigenvalue weighted by Crippen LogP contribution is -2.08. The fourth-order valence-electron chi connectivity index (χ4n) is 8.72. The van der Waals surface area contributed by atoms with E-state index < -0.39 is 11.9 Å². The van der Waals surface area contributed by atoms with Gasteiger partial charge in [0.05, 0.1) is 98.1 Å². The minimum absolute atomic E-state index is 0.317. The molecule has 0 unspecified atom stereocenters. The lowest BCUT2D eigenvalue weighted by Gasteiger charge is -2.19. The van der Waals surface area contributed by atoms with Gasteiger partial charge >= 0.3 is 11.9 Å². The molecule has 4 aromatic carbocycles. The van der Waals surface area contributed by atoms with Gasteiger partial charge in [-0.1, -0.05) is 62.2 Å². The summed E-state index contributed by atoms with van der Waals surface area (Å²) in [5.74, 6) is 2.36. The first-order valence-electron chi connectivity index (χ1n) is 32.7. The Hall–Kier alpha value is -8.30. The van der Waals surface area contributed by atoms with E-state index in [0.29, 0.717) is 156 Å². The summed E-state index contributed by atoms with van der Waals surface area (Å²) in [5.41, 5.74) is 2.90. The van der Waals surface area contributed by atoms with Crippen molar-refractivity contribution >= 4 is 24.1 Å². The van der Waals surface area contributed by atoms with Crippen LogP contribution in [0.25, 0.3) is 23.3 Å². The van der Waals surface area contributed by atoms with E-state index in [1.165, 1.54) is 30.9 Å². The average Bonchev–Trinajstić information content (AvgIpc) is 0.878. The number of carbonyl (C=O) groups is 2. The van der Waals surface area contributed by atoms with Crippen LogP contribution in [-0.2, 0) is 53.1 Å². The zero-order valence-corrected chi connectivity index (χ0v) is 55.0. The number of hydrogen-bond donors (Lipinski definition) is 0. The Balaban J connectivity index is 1.46. The molecule has 0 aliphatic carbocycles. The second-order valence-electron chi connectivity index (χ2n) is 20.9. The highest BCUT2D eigenvalue weighted by atomic mass is 17.2. The van der Waals surface area contributed by atoms with Crippen molar-refractivity contribution in [2.24, 2.45) is 0 Å². The summed E-state index contributed by atoms with van der Waals surface area (Å²) in [7, 11) is 0. The number of unbranched alkanes of at least 4 members (excludes halogenated alkanes) is 12. The van der Waals surface area contributed by atoms with Gasteiger partial charge in [0.15, 0.2) is 23.0 Å². The largest absolute Gasteiger partial charge is 0.502 e. The van der Waals surface area contributed by atoms with Crippen LogP contribution in [0.3, 0.4) is 0 Å². The first-order valence-corrected chi connectivity index (χ1v) is 32.7. The van der Waals surface area contributed by atoms with Crippen molar-refractivity contribution < 1.29 is 91.0 Å². The zero-order chi connectivity index (χ0) is 67.0. The minimum atomic E-state index is -0.598. The van der Waals surface area contributed by atoms with Crippen LogP contribution in [0.2, 0.25) is 0 Å². The van der Waals surface area contributed by atoms with E-state index in [-0.39, 0.29) is 0 Å². The smallest absolute Gasteiger partial charge is 0.336 e. The third kappa shape index (κ3) is 35.1. The van der Waals surface area contributed by atoms with Crippen molar-refractivity contribution in [2.45, 2.75) is 116 Å². The molecule has 94 heavy (non-hydrogen) atoms. The Bertz CT molecular complexity index is 2790. The van der Waals surface area contributed by atoms with Gasteiger partial charge in [-0.3, -0.25) is 0 Å². The number of hydrogen-bond acceptors (Lipinski definition) is 19. The van der Waals surface area contributed by atoms with Crippen LogP contribution in [0.4, 0.5) is 0 Å². The number of ether oxygens (including phenoxy) is 11. The fourth-order valence-corrected chi connectivity index (χ4v) is 8.72. The lowest BCUT2D eigenvalue weighted by atomic mass is 10.1. The van der Waals surface area contributed by atoms with Gasteiger partial charge in [-0.25, -0.2) is 38.9 Å². The molecule has 0 heterocycles. The van der Waals surface area contributed by atoms with Crippen LogP contribution in [0.15, 0.2) is 161 Å². The molecule has 0 N–H and O–H groups in total. The van der Waals surface area contributed by atoms with Crippen molar-refractivity contribution in [2.75, 3.05) is 99.1 Å². The zero-order valence-electron chi connectivity index (χ0n) is 55.0. The molecule has 0 atom stereocenters. The van der Waals surface area contributed by atoms with Crippen LogP contribution in [0, 0.1) is 0 Å². The summed E-state index contributed by atoms with van der Waals surface area (Å²) in [6.45, 7) is 28.2. The van der Waals surface area contributed by atoms with Crippen LogP contribution in [0.5, 0.6) is 46.0 Å². The molecule has 0 amide bonds. The highest BCUT2D eigenvalue weighted by Crippen LogP contribution is 2.43. The normalized spacial score (nSPS) is 11.0. The van der Waals surface area contributed by atoms with Gasteiger partial charge in [-0.2, -0.15) is 0 Å². The summed E-state index contributed by atoms with van der Waals surface area (Å²) < 4.78 is 65.9. The molecule has 0 fully saturated rings. The van der Waals surface area contributed by atoms with Crippen molar-refractivity contribution in [3.8, 4) is 57.1 Å². The molecule has 514 valence electrons. The highest BCUT2D eigenvalue weighted by Gasteiger charge is 2.20. The SMILES string of the molecule is C=CCOOCCCCCOc1ccc(/C=C/C(=O)Oc2ccc(-c3ccc(OC(=O)/C=C/c4ccc(OCCCCCOC=C)c(OCCCCCOC=C)c4OCCCCCOOCC=C)cc3)cc2)c(OCCCCCOC=C)c1OCCCCCOOCC=C. The van der Waals surface area contributed by atoms with Crippen molar-refractivity contribution in [1.82, 2.24) is 0 Å². The second kappa shape index (κ2) is 53.1. The quantitative estimate of drug-likeness (QED) is 0.00592. The molecule has 19 heteroatoms. The molecule has 19 nitrogen and oxygen atoms in total. The Morgan fingerprint density at radius 2 is 0.585 bits per heavy atom. The molecule has 4 rings (SSSR count). The standard InChI is InChI=1S/C75H100O19/c1-7-47-87-90-59-28-16-23-54-82-69-44-36-64(72(83-55-24-14-20-51-79-11-5)75(69)86-58-27-18-30-61-92-89-49-9-3)37-45-70(76)93-66-39-31-62(32-40-66)63-33-41-67(42-34-63)94-71(77)46-38-65-35-43-68(81-53-22-13-19-50-78-10-4)74(85-57-25-15-21-52-80-12-6)73(65)84-56-26-17-29-60-91-88-48-8-2/h7-12,31-46H,1-6,13-30,47-61H2/b45-37+,46-38+. The van der Waals surface area contributed by atoms with Crippen LogP contribution in [-0.4, -0.2) is 111 Å². The van der Waals surface area contributed by atoms with Gasteiger partial charge in [0.2, 0.25) is 11.5 Å². The predicted molar refractivity (Wildman–Crippen MR) is 365 cm³/mol. The molecule has 0 bridgehead atoms. The van der Waals surface area contributed by atoms with Crippen molar-refractivity contribution in [1.29, 1.82) is 0 Å². The first-order chi connectivity index (χ1) is 46.3. The molecule has 0 aliphatic heterocycles. The van der Waals surface area contributed by atoms with E-state index in [4.69, 9.17) is 81.4 Å². The maximum atomic E-state index is 13.5. The number of rotatable bonds is 61. The maximum Gasteiger partial charge on any atom is 0.336 e. The van der Waals surface area contributed by atoms with Gasteiger partial charge in [0.1, 0.15) is 31.3 Å². The summed E-state index contributed by atoms with van der Waals surface area (Å²) >= 11 is 0. The van der Waals surface area contributed by atoms with E-state index in [9.17, 15) is 9.59 Å². The van der Waals surface area contributed by atoms with E-state index in [0.717, 1.165) is 127 Å². The molecule has 0 saturated carbocycles. The Kier molecular flexibility index (Phi) is 44.2. The Labute approximate surface area is 557 Å². The highest BCUT2D eigenvalue weighted by molar-refractivity contribution is 5.90. The molecule has 0 radical (unpaired) electrons. The van der Waals surface area contributed by atoms with Crippen molar-refractivity contribution in [3.63, 3.8) is 0 Å². The monoisotopic (exact) mass is 1300 g/mol. The molecule has 0 saturated heterocycles. The molecular weight excluding hydrogens is 1200 g/mol. The predicted octanol–water partition coefficient (Wildman–Crippen LogP) is 16.8. The van der Waals surface area contributed by atoms with E-state index in [1.54, 1.807) is 54.6 Å². The third-order valence-corrected chi connectivity index (χ3v) is 13.5. The summed E-state index contributed by atoms with van der Waals surface area (Å²) in [4.78, 5) is 57.6. The lowest BCUT2D eigenvalue weighted by molar-refractivity contribution is -0.286. The summed E-state index contributed by atoms with van der Waals surface area (Å²) in [6, 6.07) is 21.6. The Morgan fingerprint density at radius 1 is 0.298 bits per heavy atom. The third-order valence-electron chi connectivity index (χ3n) is 13.5. The number of carbonyl (C=O) groups excluding carboxylic acids is 2. The van der Waals surface area contributed by atoms with Crippen LogP contribution in [0.1, 0.15) is 127 Å². The van der Waals surface area contributed by atoms with E-state index in [2.05, 4.69) is 39.5 Å². The summed E-state index contributed by atoms with van der Waals surface area (Å²) in [6.07, 6.45) is 29.8. The number of benzene rings is 4. The molecule has 4 aromatic rings. The molecule has 0 aromatic heterocycles. The van der Waals surface area contributed by atoms with Gasteiger partial charge < -0.3 is 52.1 Å². The topological polar surface area (TPSA) is 191 Å². The van der Waals surface area contributed by atoms with Gasteiger partial charge in [0, 0.05) is 23.3 Å². The van der Waals surface area contributed by atoms with Gasteiger partial charge in [-0.05, 0) is 187 Å². The maximum absolute atomic E-state index is 13.5. The molecule has 0 spiro atoms. The molecule has 0 aliphatic rings. The van der Waals surface area contributed by atoms with Gasteiger partial charge in [-0.15, -0.1) is 19.7 Å². The minimum Gasteiger partial charge on any atom is -0.502 e.